The van der Waals surface area contributed by atoms with E-state index in [2.05, 4.69) is 20.4 Å². The molecule has 0 amide bonds. The molecule has 0 spiro atoms. The Morgan fingerprint density at radius 3 is 1.68 bits per heavy atom. The third-order valence-corrected chi connectivity index (χ3v) is 4.17. The number of carbonyl (C=O) groups excluding carboxylic acids is 2. The second kappa shape index (κ2) is 11.3. The molecule has 0 aliphatic heterocycles. The number of esters is 2. The van der Waals surface area contributed by atoms with Crippen LogP contribution in [0.3, 0.4) is 0 Å². The zero-order valence-corrected chi connectivity index (χ0v) is 17.2. The van der Waals surface area contributed by atoms with Gasteiger partial charge in [0.05, 0.1) is 6.42 Å². The lowest BCUT2D eigenvalue weighted by Gasteiger charge is -2.27. The number of hydrogen-bond donors (Lipinski definition) is 0. The Balaban J connectivity index is 4.37. The van der Waals surface area contributed by atoms with E-state index in [0.717, 1.165) is 51.4 Å². The van der Waals surface area contributed by atoms with Crippen molar-refractivity contribution in [3.8, 4) is 0 Å². The van der Waals surface area contributed by atoms with Crippen LogP contribution in [-0.2, 0) is 19.1 Å². The number of rotatable bonds is 13. The van der Waals surface area contributed by atoms with Crippen LogP contribution in [0.1, 0.15) is 99.3 Å². The van der Waals surface area contributed by atoms with E-state index in [0.29, 0.717) is 0 Å². The topological polar surface area (TPSA) is 52.6 Å². The van der Waals surface area contributed by atoms with Crippen molar-refractivity contribution in [3.05, 3.63) is 12.2 Å². The normalized spacial score (nSPS) is 11.9. The minimum absolute atomic E-state index is 0.124. The molecular weight excluding hydrogens is 316 g/mol. The minimum Gasteiger partial charge on any atom is -0.459 e. The van der Waals surface area contributed by atoms with Crippen LogP contribution in [0.25, 0.3) is 0 Å². The summed E-state index contributed by atoms with van der Waals surface area (Å²) in [5.74, 6) is -0.936. The number of carbonyl (C=O) groups is 2. The standard InChI is InChI=1S/C21H38O4/c1-8-10-12-14-20(4,5)24-18(22)16-17(3)19(23)25-21(6,7)15-13-11-9-2/h3,8-16H2,1-2,4-7H3. The average molecular weight is 355 g/mol. The number of hydrogen-bond acceptors (Lipinski definition) is 4. The summed E-state index contributed by atoms with van der Waals surface area (Å²) in [6.07, 6.45) is 8.00. The molecule has 25 heavy (non-hydrogen) atoms. The molecule has 0 aromatic rings. The van der Waals surface area contributed by atoms with Crippen molar-refractivity contribution in [1.29, 1.82) is 0 Å². The fraction of sp³-hybridized carbons (Fsp3) is 0.810. The largest absolute Gasteiger partial charge is 0.459 e. The molecule has 0 heterocycles. The molecule has 0 N–H and O–H groups in total. The van der Waals surface area contributed by atoms with Crippen molar-refractivity contribution in [3.63, 3.8) is 0 Å². The highest BCUT2D eigenvalue weighted by atomic mass is 16.6. The summed E-state index contributed by atoms with van der Waals surface area (Å²) in [5.41, 5.74) is -0.910. The third-order valence-electron chi connectivity index (χ3n) is 4.17. The molecule has 0 aliphatic carbocycles. The molecule has 0 radical (unpaired) electrons. The van der Waals surface area contributed by atoms with E-state index in [4.69, 9.17) is 9.47 Å². The Morgan fingerprint density at radius 2 is 1.24 bits per heavy atom. The van der Waals surface area contributed by atoms with Crippen LogP contribution in [0.15, 0.2) is 12.2 Å². The summed E-state index contributed by atoms with van der Waals surface area (Å²) in [6, 6.07) is 0. The zero-order chi connectivity index (χ0) is 19.5. The molecule has 0 saturated carbocycles. The minimum atomic E-state index is -0.543. The van der Waals surface area contributed by atoms with Gasteiger partial charge in [-0.05, 0) is 53.4 Å². The molecule has 0 unspecified atom stereocenters. The fourth-order valence-corrected chi connectivity index (χ4v) is 2.62. The molecular formula is C21H38O4. The van der Waals surface area contributed by atoms with Gasteiger partial charge in [0, 0.05) is 5.57 Å². The van der Waals surface area contributed by atoms with Gasteiger partial charge in [-0.2, -0.15) is 0 Å². The zero-order valence-electron chi connectivity index (χ0n) is 17.2. The second-order valence-corrected chi connectivity index (χ2v) is 8.08. The van der Waals surface area contributed by atoms with E-state index in [1.807, 2.05) is 27.7 Å². The van der Waals surface area contributed by atoms with Crippen molar-refractivity contribution < 1.29 is 19.1 Å². The van der Waals surface area contributed by atoms with Gasteiger partial charge in [-0.25, -0.2) is 4.79 Å². The fourth-order valence-electron chi connectivity index (χ4n) is 2.62. The van der Waals surface area contributed by atoms with Gasteiger partial charge >= 0.3 is 11.9 Å². The first-order valence-corrected chi connectivity index (χ1v) is 9.66. The molecule has 0 aliphatic rings. The first kappa shape index (κ1) is 23.7. The molecule has 146 valence electrons. The van der Waals surface area contributed by atoms with E-state index < -0.39 is 23.1 Å². The quantitative estimate of drug-likeness (QED) is 0.240. The van der Waals surface area contributed by atoms with Crippen LogP contribution in [-0.4, -0.2) is 23.1 Å². The van der Waals surface area contributed by atoms with Gasteiger partial charge in [0.2, 0.25) is 0 Å². The Morgan fingerprint density at radius 1 is 0.800 bits per heavy atom. The molecule has 0 rings (SSSR count). The predicted octanol–water partition coefficient (Wildman–Crippen LogP) is 5.74. The Bertz CT molecular complexity index is 435. The summed E-state index contributed by atoms with van der Waals surface area (Å²) in [5, 5.41) is 0. The molecule has 0 atom stereocenters. The van der Waals surface area contributed by atoms with E-state index in [-0.39, 0.29) is 12.0 Å². The van der Waals surface area contributed by atoms with Gasteiger partial charge in [-0.3, -0.25) is 4.79 Å². The summed E-state index contributed by atoms with van der Waals surface area (Å²) < 4.78 is 11.0. The highest BCUT2D eigenvalue weighted by Gasteiger charge is 2.27. The van der Waals surface area contributed by atoms with Gasteiger partial charge in [-0.15, -0.1) is 0 Å². The maximum atomic E-state index is 12.2. The third kappa shape index (κ3) is 11.8. The lowest BCUT2D eigenvalue weighted by Crippen LogP contribution is -2.31. The van der Waals surface area contributed by atoms with E-state index >= 15 is 0 Å². The molecule has 4 nitrogen and oxygen atoms in total. The molecule has 0 aromatic heterocycles. The number of ether oxygens (including phenoxy) is 2. The maximum absolute atomic E-state index is 12.2. The summed E-state index contributed by atoms with van der Waals surface area (Å²) in [4.78, 5) is 24.3. The van der Waals surface area contributed by atoms with Crippen molar-refractivity contribution in [1.82, 2.24) is 0 Å². The lowest BCUT2D eigenvalue weighted by molar-refractivity contribution is -0.160. The van der Waals surface area contributed by atoms with Gasteiger partial charge in [-0.1, -0.05) is 46.1 Å². The predicted molar refractivity (Wildman–Crippen MR) is 102 cm³/mol. The molecule has 0 aromatic carbocycles. The van der Waals surface area contributed by atoms with Crippen LogP contribution in [0.4, 0.5) is 0 Å². The Labute approximate surface area is 154 Å². The van der Waals surface area contributed by atoms with Crippen LogP contribution < -0.4 is 0 Å². The summed E-state index contributed by atoms with van der Waals surface area (Å²) in [6.45, 7) is 15.6. The Kier molecular flexibility index (Phi) is 10.7. The van der Waals surface area contributed by atoms with Crippen LogP contribution in [0.5, 0.6) is 0 Å². The van der Waals surface area contributed by atoms with Gasteiger partial charge in [0.15, 0.2) is 0 Å². The highest BCUT2D eigenvalue weighted by Crippen LogP contribution is 2.23. The molecule has 0 bridgehead atoms. The first-order valence-electron chi connectivity index (χ1n) is 9.66. The molecule has 4 heteroatoms. The second-order valence-electron chi connectivity index (χ2n) is 8.08. The van der Waals surface area contributed by atoms with Crippen molar-refractivity contribution in [2.24, 2.45) is 0 Å². The lowest BCUT2D eigenvalue weighted by atomic mass is 10.00. The van der Waals surface area contributed by atoms with Crippen LogP contribution in [0, 0.1) is 0 Å². The van der Waals surface area contributed by atoms with E-state index in [1.165, 1.54) is 0 Å². The average Bonchev–Trinajstić information content (AvgIpc) is 2.46. The molecule has 0 fully saturated rings. The molecule has 0 saturated heterocycles. The van der Waals surface area contributed by atoms with Crippen molar-refractivity contribution in [2.45, 2.75) is 111 Å². The van der Waals surface area contributed by atoms with Crippen LogP contribution in [0.2, 0.25) is 0 Å². The highest BCUT2D eigenvalue weighted by molar-refractivity contribution is 5.93. The number of unbranched alkanes of at least 4 members (excludes halogenated alkanes) is 4. The smallest absolute Gasteiger partial charge is 0.334 e. The van der Waals surface area contributed by atoms with Gasteiger partial charge in [0.25, 0.3) is 0 Å². The maximum Gasteiger partial charge on any atom is 0.334 e. The Hall–Kier alpha value is -1.32. The monoisotopic (exact) mass is 354 g/mol. The van der Waals surface area contributed by atoms with Crippen LogP contribution >= 0.6 is 0 Å². The van der Waals surface area contributed by atoms with E-state index in [1.54, 1.807) is 0 Å². The van der Waals surface area contributed by atoms with Gasteiger partial charge < -0.3 is 9.47 Å². The first-order chi connectivity index (χ1) is 11.5. The SMILES string of the molecule is C=C(CC(=O)OC(C)(C)CCCCC)C(=O)OC(C)(C)CCCCC. The van der Waals surface area contributed by atoms with Crippen molar-refractivity contribution >= 4 is 11.9 Å². The summed E-state index contributed by atoms with van der Waals surface area (Å²) >= 11 is 0. The summed E-state index contributed by atoms with van der Waals surface area (Å²) in [7, 11) is 0. The van der Waals surface area contributed by atoms with Crippen molar-refractivity contribution in [2.75, 3.05) is 0 Å². The van der Waals surface area contributed by atoms with E-state index in [9.17, 15) is 9.59 Å². The van der Waals surface area contributed by atoms with Gasteiger partial charge in [0.1, 0.15) is 11.2 Å².